The minimum absolute atomic E-state index is 0.263. The van der Waals surface area contributed by atoms with Crippen LogP contribution in [0, 0.1) is 5.82 Å². The molecule has 0 spiro atoms. The van der Waals surface area contributed by atoms with Crippen molar-refractivity contribution in [1.82, 2.24) is 9.78 Å². The molecule has 0 fully saturated rings. The van der Waals surface area contributed by atoms with E-state index >= 15 is 0 Å². The van der Waals surface area contributed by atoms with Gasteiger partial charge in [0.15, 0.2) is 0 Å². The fourth-order valence-corrected chi connectivity index (χ4v) is 2.58. The van der Waals surface area contributed by atoms with Gasteiger partial charge in [-0.3, -0.25) is 4.68 Å². The summed E-state index contributed by atoms with van der Waals surface area (Å²) in [6.45, 7) is 0. The van der Waals surface area contributed by atoms with E-state index in [9.17, 15) is 4.39 Å². The lowest BCUT2D eigenvalue weighted by Crippen LogP contribution is -1.91. The van der Waals surface area contributed by atoms with E-state index in [0.717, 1.165) is 10.6 Å². The third kappa shape index (κ3) is 1.95. The Bertz CT molecular complexity index is 507. The Hall–Kier alpha value is -1.00. The second-order valence-corrected chi connectivity index (χ2v) is 4.48. The van der Waals surface area contributed by atoms with Gasteiger partial charge in [0.2, 0.25) is 0 Å². The predicted octanol–water partition coefficient (Wildman–Crippen LogP) is 3.60. The lowest BCUT2D eigenvalue weighted by atomic mass is 10.1. The van der Waals surface area contributed by atoms with Crippen molar-refractivity contribution < 1.29 is 4.39 Å². The van der Waals surface area contributed by atoms with Crippen molar-refractivity contribution in [2.75, 3.05) is 6.26 Å². The van der Waals surface area contributed by atoms with E-state index in [0.29, 0.717) is 10.7 Å². The van der Waals surface area contributed by atoms with Crippen molar-refractivity contribution >= 4 is 23.4 Å². The summed E-state index contributed by atoms with van der Waals surface area (Å²) < 4.78 is 14.5. The van der Waals surface area contributed by atoms with Crippen LogP contribution in [0.1, 0.15) is 0 Å². The number of aromatic nitrogens is 2. The van der Waals surface area contributed by atoms with E-state index in [1.807, 2.05) is 13.3 Å². The molecule has 2 rings (SSSR count). The Balaban J connectivity index is 2.52. The summed E-state index contributed by atoms with van der Waals surface area (Å²) in [4.78, 5) is 0. The highest BCUT2D eigenvalue weighted by Crippen LogP contribution is 2.34. The summed E-state index contributed by atoms with van der Waals surface area (Å²) in [6.07, 6.45) is 1.94. The maximum atomic E-state index is 12.8. The fourth-order valence-electron chi connectivity index (χ4n) is 1.50. The van der Waals surface area contributed by atoms with Gasteiger partial charge >= 0.3 is 0 Å². The molecule has 2 aromatic rings. The highest BCUT2D eigenvalue weighted by atomic mass is 35.5. The first-order chi connectivity index (χ1) is 7.63. The van der Waals surface area contributed by atoms with E-state index in [1.165, 1.54) is 23.9 Å². The molecule has 5 heteroatoms. The Morgan fingerprint density at radius 3 is 2.44 bits per heavy atom. The monoisotopic (exact) mass is 256 g/mol. The zero-order chi connectivity index (χ0) is 11.7. The average Bonchev–Trinajstić information content (AvgIpc) is 2.55. The molecule has 0 atom stereocenters. The van der Waals surface area contributed by atoms with Crippen molar-refractivity contribution in [3.05, 3.63) is 35.1 Å². The van der Waals surface area contributed by atoms with E-state index in [1.54, 1.807) is 16.8 Å². The topological polar surface area (TPSA) is 17.8 Å². The maximum absolute atomic E-state index is 12.8. The van der Waals surface area contributed by atoms with Gasteiger partial charge in [0, 0.05) is 12.6 Å². The van der Waals surface area contributed by atoms with Crippen LogP contribution in [0.5, 0.6) is 0 Å². The molecule has 1 aromatic carbocycles. The smallest absolute Gasteiger partial charge is 0.123 e. The number of nitrogens with zero attached hydrogens (tertiary/aromatic N) is 2. The molecule has 0 aliphatic carbocycles. The first-order valence-electron chi connectivity index (χ1n) is 4.66. The van der Waals surface area contributed by atoms with Crippen LogP contribution in [0.4, 0.5) is 4.39 Å². The molecule has 1 heterocycles. The SMILES string of the molecule is CSc1c(Cl)c(-c2ccc(F)cc2)nn1C. The van der Waals surface area contributed by atoms with Gasteiger partial charge in [-0.15, -0.1) is 11.8 Å². The Kier molecular flexibility index (Phi) is 3.21. The number of rotatable bonds is 2. The molecule has 0 amide bonds. The van der Waals surface area contributed by atoms with Crippen LogP contribution >= 0.6 is 23.4 Å². The number of hydrogen-bond donors (Lipinski definition) is 0. The summed E-state index contributed by atoms with van der Waals surface area (Å²) >= 11 is 7.74. The van der Waals surface area contributed by atoms with E-state index < -0.39 is 0 Å². The zero-order valence-electron chi connectivity index (χ0n) is 8.87. The Morgan fingerprint density at radius 1 is 1.31 bits per heavy atom. The van der Waals surface area contributed by atoms with Crippen LogP contribution < -0.4 is 0 Å². The summed E-state index contributed by atoms with van der Waals surface area (Å²) in [5.41, 5.74) is 1.51. The standard InChI is InChI=1S/C11H10ClFN2S/c1-15-11(16-2)9(12)10(14-15)7-3-5-8(13)6-4-7/h3-6H,1-2H3. The summed E-state index contributed by atoms with van der Waals surface area (Å²) in [6, 6.07) is 6.15. The lowest BCUT2D eigenvalue weighted by Gasteiger charge is -1.97. The van der Waals surface area contributed by atoms with E-state index in [4.69, 9.17) is 11.6 Å². The molecule has 0 aliphatic rings. The number of halogens is 2. The first kappa shape index (κ1) is 11.5. The third-order valence-corrected chi connectivity index (χ3v) is 3.58. The van der Waals surface area contributed by atoms with Crippen molar-refractivity contribution in [2.24, 2.45) is 7.05 Å². The second-order valence-electron chi connectivity index (χ2n) is 3.30. The highest BCUT2D eigenvalue weighted by Gasteiger charge is 2.14. The molecular formula is C11H10ClFN2S. The van der Waals surface area contributed by atoms with Crippen LogP contribution in [-0.4, -0.2) is 16.0 Å². The molecule has 0 saturated carbocycles. The van der Waals surface area contributed by atoms with Gasteiger partial charge in [-0.05, 0) is 30.5 Å². The maximum Gasteiger partial charge on any atom is 0.123 e. The Morgan fingerprint density at radius 2 is 1.94 bits per heavy atom. The van der Waals surface area contributed by atoms with Crippen molar-refractivity contribution in [3.63, 3.8) is 0 Å². The summed E-state index contributed by atoms with van der Waals surface area (Å²) in [7, 11) is 1.84. The molecule has 2 nitrogen and oxygen atoms in total. The van der Waals surface area contributed by atoms with Crippen LogP contribution in [0.3, 0.4) is 0 Å². The highest BCUT2D eigenvalue weighted by molar-refractivity contribution is 7.98. The molecule has 84 valence electrons. The lowest BCUT2D eigenvalue weighted by molar-refractivity contribution is 0.628. The van der Waals surface area contributed by atoms with E-state index in [2.05, 4.69) is 5.10 Å². The summed E-state index contributed by atoms with van der Waals surface area (Å²) in [5.74, 6) is -0.263. The number of benzene rings is 1. The van der Waals surface area contributed by atoms with Crippen molar-refractivity contribution in [2.45, 2.75) is 5.03 Å². The largest absolute Gasteiger partial charge is 0.260 e. The predicted molar refractivity (Wildman–Crippen MR) is 65.4 cm³/mol. The molecule has 0 radical (unpaired) electrons. The van der Waals surface area contributed by atoms with E-state index in [-0.39, 0.29) is 5.82 Å². The molecule has 0 saturated heterocycles. The number of thioether (sulfide) groups is 1. The van der Waals surface area contributed by atoms with Gasteiger partial charge in [-0.25, -0.2) is 4.39 Å². The van der Waals surface area contributed by atoms with Crippen LogP contribution in [0.25, 0.3) is 11.3 Å². The quantitative estimate of drug-likeness (QED) is 0.764. The van der Waals surface area contributed by atoms with Crippen molar-refractivity contribution in [1.29, 1.82) is 0 Å². The third-order valence-electron chi connectivity index (χ3n) is 2.25. The molecule has 0 aliphatic heterocycles. The van der Waals surface area contributed by atoms with Gasteiger partial charge in [-0.2, -0.15) is 5.10 Å². The molecule has 16 heavy (non-hydrogen) atoms. The summed E-state index contributed by atoms with van der Waals surface area (Å²) in [5, 5.41) is 5.84. The molecule has 0 bridgehead atoms. The molecule has 0 N–H and O–H groups in total. The number of aryl methyl sites for hydroxylation is 1. The van der Waals surface area contributed by atoms with Crippen molar-refractivity contribution in [3.8, 4) is 11.3 Å². The fraction of sp³-hybridized carbons (Fsp3) is 0.182. The zero-order valence-corrected chi connectivity index (χ0v) is 10.4. The Labute approximate surface area is 102 Å². The minimum Gasteiger partial charge on any atom is -0.260 e. The van der Waals surface area contributed by atoms with Crippen LogP contribution in [0.15, 0.2) is 29.3 Å². The van der Waals surface area contributed by atoms with Crippen LogP contribution in [0.2, 0.25) is 5.02 Å². The average molecular weight is 257 g/mol. The van der Waals surface area contributed by atoms with Gasteiger partial charge < -0.3 is 0 Å². The van der Waals surface area contributed by atoms with Crippen LogP contribution in [-0.2, 0) is 7.05 Å². The molecule has 1 aromatic heterocycles. The first-order valence-corrected chi connectivity index (χ1v) is 6.26. The number of hydrogen-bond acceptors (Lipinski definition) is 2. The van der Waals surface area contributed by atoms with Gasteiger partial charge in [0.05, 0.1) is 0 Å². The van der Waals surface area contributed by atoms with Gasteiger partial charge in [-0.1, -0.05) is 11.6 Å². The minimum atomic E-state index is -0.263. The molecular weight excluding hydrogens is 247 g/mol. The normalized spacial score (nSPS) is 10.8. The van der Waals surface area contributed by atoms with Gasteiger partial charge in [0.1, 0.15) is 21.6 Å². The second kappa shape index (κ2) is 4.47. The molecule has 0 unspecified atom stereocenters. The van der Waals surface area contributed by atoms with Gasteiger partial charge in [0.25, 0.3) is 0 Å².